The summed E-state index contributed by atoms with van der Waals surface area (Å²) in [6.07, 6.45) is 7.30. The number of rotatable bonds is 12. The van der Waals surface area contributed by atoms with E-state index in [-0.39, 0.29) is 41.0 Å². The van der Waals surface area contributed by atoms with Gasteiger partial charge in [0.05, 0.1) is 15.5 Å². The molecule has 5 amide bonds. The molecular formula is C42H61N5O7S. The summed E-state index contributed by atoms with van der Waals surface area (Å²) in [4.78, 5) is 72.1. The maximum atomic E-state index is 15.1. The number of hydrogen-bond acceptors (Lipinski definition) is 7. The van der Waals surface area contributed by atoms with Gasteiger partial charge in [-0.3, -0.25) is 19.2 Å². The van der Waals surface area contributed by atoms with Crippen molar-refractivity contribution in [2.45, 2.75) is 158 Å². The van der Waals surface area contributed by atoms with Gasteiger partial charge >= 0.3 is 6.03 Å². The summed E-state index contributed by atoms with van der Waals surface area (Å²) in [6.45, 7) is 13.2. The van der Waals surface area contributed by atoms with E-state index in [1.807, 2.05) is 31.2 Å². The van der Waals surface area contributed by atoms with Crippen molar-refractivity contribution in [3.8, 4) is 0 Å². The lowest BCUT2D eigenvalue weighted by Gasteiger charge is -2.44. The highest BCUT2D eigenvalue weighted by Gasteiger charge is 2.71. The van der Waals surface area contributed by atoms with Gasteiger partial charge in [-0.1, -0.05) is 70.7 Å². The first-order valence-corrected chi connectivity index (χ1v) is 22.2. The molecule has 1 aromatic carbocycles. The third-order valence-electron chi connectivity index (χ3n) is 14.5. The first-order valence-electron chi connectivity index (χ1n) is 20.6. The van der Waals surface area contributed by atoms with E-state index in [0.29, 0.717) is 45.1 Å². The number of likely N-dealkylation sites (tertiary alicyclic amines) is 1. The summed E-state index contributed by atoms with van der Waals surface area (Å²) in [5, 5.41) is 11.1. The molecule has 0 aromatic heterocycles. The van der Waals surface area contributed by atoms with Crippen molar-refractivity contribution < 1.29 is 32.4 Å². The van der Waals surface area contributed by atoms with Gasteiger partial charge in [0, 0.05) is 12.6 Å². The fourth-order valence-electron chi connectivity index (χ4n) is 10.5. The van der Waals surface area contributed by atoms with Gasteiger partial charge < -0.3 is 26.2 Å². The van der Waals surface area contributed by atoms with Gasteiger partial charge in [-0.15, -0.1) is 0 Å². The quantitative estimate of drug-likeness (QED) is 0.233. The predicted molar refractivity (Wildman–Crippen MR) is 208 cm³/mol. The Morgan fingerprint density at radius 2 is 1.56 bits per heavy atom. The second-order valence-electron chi connectivity index (χ2n) is 19.3. The molecule has 1 heterocycles. The Bertz CT molecular complexity index is 1840. The topological polar surface area (TPSA) is 171 Å². The SMILES string of the molecule is CC[C@@H]1C[C@@]1(NC(=O)[C@@H]1[C@@H]2[C@H](CN1C(=O)[C@@H](NC(=O)NC1([C@@H](C)S(=O)(=O)C(C)(C)C)CCCCC1)C1Cc3ccccc3C1)C2(C)C)C(=O)C(=O)NC1CC1. The van der Waals surface area contributed by atoms with E-state index in [2.05, 4.69) is 35.1 Å². The number of carbonyl (C=O) groups is 5. The number of nitrogens with zero attached hydrogens (tertiary/aromatic N) is 1. The van der Waals surface area contributed by atoms with Gasteiger partial charge in [-0.2, -0.15) is 0 Å². The van der Waals surface area contributed by atoms with Crippen LogP contribution in [0.3, 0.4) is 0 Å². The third kappa shape index (κ3) is 6.98. The Morgan fingerprint density at radius 3 is 2.11 bits per heavy atom. The van der Waals surface area contributed by atoms with Crippen molar-refractivity contribution >= 4 is 39.4 Å². The second-order valence-corrected chi connectivity index (χ2v) is 22.3. The third-order valence-corrected chi connectivity index (χ3v) is 17.6. The Morgan fingerprint density at radius 1 is 0.945 bits per heavy atom. The summed E-state index contributed by atoms with van der Waals surface area (Å²) < 4.78 is 26.6. The molecule has 7 atom stereocenters. The molecule has 4 saturated carbocycles. The number of fused-ring (bicyclic) bond motifs is 2. The number of ketones is 1. The number of piperidine rings is 1. The molecule has 4 N–H and O–H groups in total. The van der Waals surface area contributed by atoms with Crippen LogP contribution in [-0.4, -0.2) is 88.6 Å². The summed E-state index contributed by atoms with van der Waals surface area (Å²) in [5.41, 5.74) is -0.302. The molecule has 13 heteroatoms. The zero-order chi connectivity index (χ0) is 39.9. The Kier molecular flexibility index (Phi) is 10.0. The minimum absolute atomic E-state index is 0.00134. The normalized spacial score (nSPS) is 30.3. The average Bonchev–Trinajstić information content (AvgIpc) is 4.06. The average molecular weight is 780 g/mol. The lowest BCUT2D eigenvalue weighted by Crippen LogP contribution is -2.65. The van der Waals surface area contributed by atoms with Gasteiger partial charge in [0.15, 0.2) is 9.84 Å². The Balaban J connectivity index is 1.16. The van der Waals surface area contributed by atoms with Crippen molar-refractivity contribution in [1.82, 2.24) is 26.2 Å². The van der Waals surface area contributed by atoms with Crippen LogP contribution in [0.5, 0.6) is 0 Å². The van der Waals surface area contributed by atoms with Crippen LogP contribution in [0.2, 0.25) is 0 Å². The number of nitrogens with one attached hydrogen (secondary N) is 4. The highest BCUT2D eigenvalue weighted by Crippen LogP contribution is 2.65. The van der Waals surface area contributed by atoms with E-state index in [1.165, 1.54) is 0 Å². The molecule has 1 aliphatic heterocycles. The molecule has 302 valence electrons. The van der Waals surface area contributed by atoms with E-state index in [1.54, 1.807) is 32.6 Å². The second kappa shape index (κ2) is 13.9. The molecule has 55 heavy (non-hydrogen) atoms. The maximum Gasteiger partial charge on any atom is 0.315 e. The van der Waals surface area contributed by atoms with E-state index in [0.717, 1.165) is 43.2 Å². The zero-order valence-corrected chi connectivity index (χ0v) is 34.4. The molecule has 12 nitrogen and oxygen atoms in total. The van der Waals surface area contributed by atoms with Crippen molar-refractivity contribution in [2.24, 2.45) is 29.1 Å². The van der Waals surface area contributed by atoms with Gasteiger partial charge in [-0.25, -0.2) is 13.2 Å². The molecule has 6 aliphatic rings. The molecule has 0 radical (unpaired) electrons. The summed E-state index contributed by atoms with van der Waals surface area (Å²) in [5.74, 6) is -2.65. The summed E-state index contributed by atoms with van der Waals surface area (Å²) in [6, 6.07) is 5.53. The highest BCUT2D eigenvalue weighted by molar-refractivity contribution is 7.93. The smallest absolute Gasteiger partial charge is 0.315 e. The number of carbonyl (C=O) groups excluding carboxylic acids is 5. The van der Waals surface area contributed by atoms with Crippen LogP contribution in [0.15, 0.2) is 24.3 Å². The lowest BCUT2D eigenvalue weighted by atomic mass is 9.79. The highest BCUT2D eigenvalue weighted by atomic mass is 32.2. The summed E-state index contributed by atoms with van der Waals surface area (Å²) in [7, 11) is -3.66. The van der Waals surface area contributed by atoms with Crippen molar-refractivity contribution in [3.05, 3.63) is 35.4 Å². The molecule has 1 aromatic rings. The predicted octanol–water partition coefficient (Wildman–Crippen LogP) is 3.99. The number of sulfone groups is 1. The Labute approximate surface area is 326 Å². The van der Waals surface area contributed by atoms with Crippen LogP contribution in [0.1, 0.15) is 117 Å². The lowest BCUT2D eigenvalue weighted by molar-refractivity contribution is -0.145. The Hall–Kier alpha value is -3.48. The summed E-state index contributed by atoms with van der Waals surface area (Å²) >= 11 is 0. The molecule has 0 bridgehead atoms. The van der Waals surface area contributed by atoms with Gasteiger partial charge in [-0.05, 0) is 113 Å². The van der Waals surface area contributed by atoms with Crippen LogP contribution in [0.4, 0.5) is 4.79 Å². The van der Waals surface area contributed by atoms with Crippen LogP contribution < -0.4 is 21.3 Å². The largest absolute Gasteiger partial charge is 0.347 e. The van der Waals surface area contributed by atoms with Crippen LogP contribution in [0.25, 0.3) is 0 Å². The first kappa shape index (κ1) is 39.7. The minimum atomic E-state index is -3.66. The number of hydrogen-bond donors (Lipinski definition) is 4. The monoisotopic (exact) mass is 779 g/mol. The van der Waals surface area contributed by atoms with E-state index < -0.39 is 66.6 Å². The van der Waals surface area contributed by atoms with E-state index >= 15 is 4.79 Å². The number of amides is 5. The standard InChI is InChI=1S/C42H61N5O7S/c1-8-28-22-42(28,34(48)36(50)43-29-16-17-29)45-35(49)33-31-30(40(31,6)7)23-47(33)37(51)32(27-20-25-14-10-11-15-26(25)21-27)44-38(52)46-41(18-12-9-13-19-41)24(2)55(53,54)39(3,4)5/h10-11,14-15,24,27-33H,8-9,12-13,16-23H2,1-7H3,(H,43,50)(H,45,49)(H2,44,46,52)/t24-,28-,30+,31+,32+,33+,42+/m1/s1. The van der Waals surface area contributed by atoms with Crippen LogP contribution in [0, 0.1) is 29.1 Å². The maximum absolute atomic E-state index is 15.1. The van der Waals surface area contributed by atoms with Gasteiger partial charge in [0.2, 0.25) is 17.6 Å². The molecule has 5 aliphatic carbocycles. The number of urea groups is 1. The molecule has 7 rings (SSSR count). The number of benzene rings is 1. The van der Waals surface area contributed by atoms with E-state index in [9.17, 15) is 27.6 Å². The molecular weight excluding hydrogens is 719 g/mol. The minimum Gasteiger partial charge on any atom is -0.347 e. The molecule has 0 spiro atoms. The van der Waals surface area contributed by atoms with E-state index in [4.69, 9.17) is 0 Å². The van der Waals surface area contributed by atoms with Gasteiger partial charge in [0.25, 0.3) is 5.91 Å². The fraction of sp³-hybridized carbons (Fsp3) is 0.738. The van der Waals surface area contributed by atoms with Crippen LogP contribution >= 0.6 is 0 Å². The fourth-order valence-corrected chi connectivity index (χ4v) is 12.5. The van der Waals surface area contributed by atoms with Crippen LogP contribution in [-0.2, 0) is 41.9 Å². The van der Waals surface area contributed by atoms with Crippen molar-refractivity contribution in [3.63, 3.8) is 0 Å². The van der Waals surface area contributed by atoms with Gasteiger partial charge in [0.1, 0.15) is 17.6 Å². The first-order chi connectivity index (χ1) is 25.8. The van der Waals surface area contributed by atoms with Crippen molar-refractivity contribution in [1.29, 1.82) is 0 Å². The molecule has 1 saturated heterocycles. The molecule has 0 unspecified atom stereocenters. The van der Waals surface area contributed by atoms with Crippen molar-refractivity contribution in [2.75, 3.05) is 6.54 Å². The molecule has 5 fully saturated rings. The zero-order valence-electron chi connectivity index (χ0n) is 33.6. The number of Topliss-reactive ketones (excluding diaryl/α,β-unsaturated/α-hetero) is 1.